The van der Waals surface area contributed by atoms with Crippen molar-refractivity contribution in [1.82, 2.24) is 4.31 Å². The summed E-state index contributed by atoms with van der Waals surface area (Å²) in [5.41, 5.74) is 0.390. The molecule has 0 unspecified atom stereocenters. The second kappa shape index (κ2) is 9.36. The van der Waals surface area contributed by atoms with E-state index in [9.17, 15) is 13.2 Å². The van der Waals surface area contributed by atoms with Gasteiger partial charge in [-0.2, -0.15) is 4.31 Å². The summed E-state index contributed by atoms with van der Waals surface area (Å²) in [4.78, 5) is 12.7. The van der Waals surface area contributed by atoms with Gasteiger partial charge in [0.2, 0.25) is 10.0 Å². The van der Waals surface area contributed by atoms with Crippen molar-refractivity contribution >= 4 is 21.6 Å². The summed E-state index contributed by atoms with van der Waals surface area (Å²) in [7, 11) is -3.57. The topological polar surface area (TPSA) is 88.9 Å². The lowest BCUT2D eigenvalue weighted by Crippen LogP contribution is -2.35. The first kappa shape index (κ1) is 21.1. The number of hydrogen-bond donors (Lipinski definition) is 1. The number of rotatable bonds is 7. The van der Waals surface area contributed by atoms with Crippen LogP contribution in [-0.4, -0.2) is 31.7 Å². The number of carbonyl (C=O) groups excluding carboxylic acids is 1. The summed E-state index contributed by atoms with van der Waals surface area (Å²) in [6, 6.07) is 18.8. The Bertz CT molecular complexity index is 1140. The monoisotopic (exact) mass is 440 g/mol. The molecule has 0 spiro atoms. The van der Waals surface area contributed by atoms with Gasteiger partial charge in [-0.05, 0) is 55.3 Å². The Morgan fingerprint density at radius 3 is 2.52 bits per heavy atom. The van der Waals surface area contributed by atoms with Gasteiger partial charge in [0, 0.05) is 18.8 Å². The van der Waals surface area contributed by atoms with E-state index in [-0.39, 0.29) is 17.3 Å². The molecule has 31 heavy (non-hydrogen) atoms. The summed E-state index contributed by atoms with van der Waals surface area (Å²) in [6.07, 6.45) is 2.78. The van der Waals surface area contributed by atoms with Crippen molar-refractivity contribution in [1.29, 1.82) is 0 Å². The van der Waals surface area contributed by atoms with Crippen LogP contribution in [0.15, 0.2) is 76.0 Å². The van der Waals surface area contributed by atoms with E-state index >= 15 is 0 Å². The molecular formula is C23H24N2O5S. The highest BCUT2D eigenvalue weighted by atomic mass is 32.2. The Balaban J connectivity index is 1.41. The maximum atomic E-state index is 12.9. The number of sulfonamides is 1. The molecule has 2 aromatic carbocycles. The Labute approximate surface area is 181 Å². The Morgan fingerprint density at radius 2 is 1.74 bits per heavy atom. The van der Waals surface area contributed by atoms with Gasteiger partial charge in [-0.25, -0.2) is 8.42 Å². The van der Waals surface area contributed by atoms with Gasteiger partial charge >= 0.3 is 0 Å². The van der Waals surface area contributed by atoms with Gasteiger partial charge in [-0.3, -0.25) is 4.79 Å². The van der Waals surface area contributed by atoms with Crippen molar-refractivity contribution in [3.8, 4) is 5.75 Å². The minimum atomic E-state index is -3.57. The maximum absolute atomic E-state index is 12.9. The number of ether oxygens (including phenoxy) is 1. The third kappa shape index (κ3) is 5.15. The van der Waals surface area contributed by atoms with Crippen LogP contribution in [0.5, 0.6) is 5.75 Å². The van der Waals surface area contributed by atoms with Gasteiger partial charge in [0.05, 0.1) is 4.90 Å². The summed E-state index contributed by atoms with van der Waals surface area (Å²) < 4.78 is 38.4. The predicted octanol–water partition coefficient (Wildman–Crippen LogP) is 4.29. The molecule has 7 nitrogen and oxygen atoms in total. The fraction of sp³-hybridized carbons (Fsp3) is 0.261. The van der Waals surface area contributed by atoms with Crippen LogP contribution < -0.4 is 10.1 Å². The van der Waals surface area contributed by atoms with Gasteiger partial charge in [-0.1, -0.05) is 30.7 Å². The summed E-state index contributed by atoms with van der Waals surface area (Å²) in [5.74, 6) is 0.876. The molecule has 8 heteroatoms. The number of furan rings is 1. The zero-order chi connectivity index (χ0) is 21.7. The van der Waals surface area contributed by atoms with E-state index in [2.05, 4.69) is 5.32 Å². The van der Waals surface area contributed by atoms with Crippen molar-refractivity contribution in [3.63, 3.8) is 0 Å². The molecule has 1 N–H and O–H groups in total. The Hall–Kier alpha value is -3.10. The summed E-state index contributed by atoms with van der Waals surface area (Å²) >= 11 is 0. The van der Waals surface area contributed by atoms with Crippen LogP contribution in [0.1, 0.15) is 35.6 Å². The van der Waals surface area contributed by atoms with Crippen LogP contribution in [0.3, 0.4) is 0 Å². The number of amides is 1. The smallest absolute Gasteiger partial charge is 0.291 e. The van der Waals surface area contributed by atoms with E-state index in [4.69, 9.17) is 9.15 Å². The number of benzene rings is 2. The van der Waals surface area contributed by atoms with Crippen LogP contribution in [0.4, 0.5) is 5.69 Å². The lowest BCUT2D eigenvalue weighted by atomic mass is 10.2. The van der Waals surface area contributed by atoms with Crippen LogP contribution in [0.2, 0.25) is 0 Å². The number of nitrogens with zero attached hydrogens (tertiary/aromatic N) is 1. The van der Waals surface area contributed by atoms with Crippen LogP contribution in [0.25, 0.3) is 0 Å². The third-order valence-corrected chi connectivity index (χ3v) is 6.95. The molecule has 1 fully saturated rings. The maximum Gasteiger partial charge on any atom is 0.291 e. The second-order valence-electron chi connectivity index (χ2n) is 7.31. The zero-order valence-electron chi connectivity index (χ0n) is 17.0. The Kier molecular flexibility index (Phi) is 6.39. The molecule has 2 heterocycles. The lowest BCUT2D eigenvalue weighted by Gasteiger charge is -2.26. The molecule has 0 saturated carbocycles. The van der Waals surface area contributed by atoms with E-state index in [0.29, 0.717) is 30.3 Å². The fourth-order valence-corrected chi connectivity index (χ4v) is 4.99. The molecule has 0 radical (unpaired) electrons. The molecule has 1 saturated heterocycles. The normalized spacial score (nSPS) is 14.8. The standard InChI is InChI=1S/C23H24N2O5S/c26-23(22-13-12-20(30-22)17-29-19-9-3-1-4-10-19)24-18-8-7-11-21(16-18)31(27,28)25-14-5-2-6-15-25/h1,3-4,7-13,16H,2,5-6,14-15,17H2,(H,24,26). The highest BCUT2D eigenvalue weighted by Gasteiger charge is 2.26. The van der Waals surface area contributed by atoms with Gasteiger partial charge in [0.1, 0.15) is 18.1 Å². The highest BCUT2D eigenvalue weighted by molar-refractivity contribution is 7.89. The van der Waals surface area contributed by atoms with E-state index < -0.39 is 15.9 Å². The van der Waals surface area contributed by atoms with E-state index in [0.717, 1.165) is 19.3 Å². The molecule has 1 amide bonds. The van der Waals surface area contributed by atoms with Crippen molar-refractivity contribution in [2.75, 3.05) is 18.4 Å². The van der Waals surface area contributed by atoms with Crippen molar-refractivity contribution in [3.05, 3.63) is 78.3 Å². The number of anilines is 1. The number of piperidine rings is 1. The largest absolute Gasteiger partial charge is 0.486 e. The highest BCUT2D eigenvalue weighted by Crippen LogP contribution is 2.23. The number of carbonyl (C=O) groups is 1. The minimum absolute atomic E-state index is 0.121. The summed E-state index contributed by atoms with van der Waals surface area (Å²) in [5, 5.41) is 2.70. The third-order valence-electron chi connectivity index (χ3n) is 5.05. The second-order valence-corrected chi connectivity index (χ2v) is 9.25. The number of para-hydroxylation sites is 1. The molecule has 0 aliphatic carbocycles. The molecule has 0 bridgehead atoms. The molecular weight excluding hydrogens is 416 g/mol. The molecule has 4 rings (SSSR count). The fourth-order valence-electron chi connectivity index (χ4n) is 3.43. The van der Waals surface area contributed by atoms with Gasteiger partial charge < -0.3 is 14.5 Å². The first-order chi connectivity index (χ1) is 15.0. The number of nitrogens with one attached hydrogen (secondary N) is 1. The number of hydrogen-bond acceptors (Lipinski definition) is 5. The first-order valence-corrected chi connectivity index (χ1v) is 11.6. The summed E-state index contributed by atoms with van der Waals surface area (Å²) in [6.45, 7) is 1.25. The first-order valence-electron chi connectivity index (χ1n) is 10.2. The average molecular weight is 441 g/mol. The molecule has 162 valence electrons. The Morgan fingerprint density at radius 1 is 0.968 bits per heavy atom. The van der Waals surface area contributed by atoms with Gasteiger partial charge in [-0.15, -0.1) is 0 Å². The quantitative estimate of drug-likeness (QED) is 0.592. The molecule has 1 aliphatic heterocycles. The molecule has 0 atom stereocenters. The van der Waals surface area contributed by atoms with Crippen molar-refractivity contribution in [2.24, 2.45) is 0 Å². The van der Waals surface area contributed by atoms with Crippen molar-refractivity contribution < 1.29 is 22.4 Å². The van der Waals surface area contributed by atoms with Crippen LogP contribution >= 0.6 is 0 Å². The average Bonchev–Trinajstić information content (AvgIpc) is 3.28. The van der Waals surface area contributed by atoms with Gasteiger partial charge in [0.25, 0.3) is 5.91 Å². The van der Waals surface area contributed by atoms with Crippen LogP contribution in [-0.2, 0) is 16.6 Å². The van der Waals surface area contributed by atoms with E-state index in [1.807, 2.05) is 30.3 Å². The van der Waals surface area contributed by atoms with E-state index in [1.54, 1.807) is 30.3 Å². The molecule has 3 aromatic rings. The SMILES string of the molecule is O=C(Nc1cccc(S(=O)(=O)N2CCCCC2)c1)c1ccc(COc2ccccc2)o1. The molecule has 1 aliphatic rings. The van der Waals surface area contributed by atoms with Gasteiger partial charge in [0.15, 0.2) is 5.76 Å². The predicted molar refractivity (Wildman–Crippen MR) is 116 cm³/mol. The molecule has 1 aromatic heterocycles. The van der Waals surface area contributed by atoms with E-state index in [1.165, 1.54) is 10.4 Å². The minimum Gasteiger partial charge on any atom is -0.486 e. The lowest BCUT2D eigenvalue weighted by molar-refractivity contribution is 0.0992. The van der Waals surface area contributed by atoms with Crippen LogP contribution in [0, 0.1) is 0 Å². The van der Waals surface area contributed by atoms with Crippen molar-refractivity contribution in [2.45, 2.75) is 30.8 Å². The zero-order valence-corrected chi connectivity index (χ0v) is 17.8.